The zero-order chi connectivity index (χ0) is 23.5. The Morgan fingerprint density at radius 2 is 1.78 bits per heavy atom. The number of carbonyl (C=O) groups is 1. The topological polar surface area (TPSA) is 125 Å². The molecule has 3 rings (SSSR count). The number of nitrogens with one attached hydrogen (secondary N) is 2. The van der Waals surface area contributed by atoms with Crippen molar-refractivity contribution < 1.29 is 13.2 Å². The van der Waals surface area contributed by atoms with E-state index in [1.807, 2.05) is 19.9 Å². The molecule has 0 aliphatic rings. The molecule has 0 bridgehead atoms. The molecule has 0 aliphatic heterocycles. The van der Waals surface area contributed by atoms with E-state index in [4.69, 9.17) is 0 Å². The predicted octanol–water partition coefficient (Wildman–Crippen LogP) is 2.70. The summed E-state index contributed by atoms with van der Waals surface area (Å²) >= 11 is 1.08. The van der Waals surface area contributed by atoms with Crippen LogP contribution in [0.4, 0.5) is 5.69 Å². The summed E-state index contributed by atoms with van der Waals surface area (Å²) in [5, 5.41) is 3.45. The molecule has 2 heterocycles. The molecule has 32 heavy (non-hydrogen) atoms. The maximum absolute atomic E-state index is 12.5. The number of amides is 1. The number of aryl methyl sites for hydroxylation is 2. The highest BCUT2D eigenvalue weighted by Crippen LogP contribution is 2.20. The van der Waals surface area contributed by atoms with Crippen molar-refractivity contribution in [3.05, 3.63) is 51.9 Å². The van der Waals surface area contributed by atoms with Crippen LogP contribution in [0.3, 0.4) is 0 Å². The lowest BCUT2D eigenvalue weighted by Crippen LogP contribution is -2.30. The Bertz CT molecular complexity index is 1300. The summed E-state index contributed by atoms with van der Waals surface area (Å²) < 4.78 is 26.5. The molecule has 1 aromatic carbocycles. The summed E-state index contributed by atoms with van der Waals surface area (Å²) in [7, 11) is -3.55. The quantitative estimate of drug-likeness (QED) is 0.379. The zero-order valence-electron chi connectivity index (χ0n) is 18.3. The number of anilines is 1. The van der Waals surface area contributed by atoms with Crippen molar-refractivity contribution >= 4 is 44.4 Å². The van der Waals surface area contributed by atoms with E-state index in [0.29, 0.717) is 35.0 Å². The predicted molar refractivity (Wildman–Crippen MR) is 126 cm³/mol. The van der Waals surface area contributed by atoms with Gasteiger partial charge in [-0.3, -0.25) is 9.59 Å². The number of aromatic amines is 1. The molecule has 0 aliphatic carbocycles. The molecule has 0 saturated heterocycles. The summed E-state index contributed by atoms with van der Waals surface area (Å²) in [6.07, 6.45) is 0. The number of fused-ring (bicyclic) bond motifs is 1. The number of benzene rings is 1. The van der Waals surface area contributed by atoms with E-state index in [1.165, 1.54) is 16.4 Å². The van der Waals surface area contributed by atoms with Crippen molar-refractivity contribution in [2.24, 2.45) is 0 Å². The van der Waals surface area contributed by atoms with E-state index in [0.717, 1.165) is 23.0 Å². The van der Waals surface area contributed by atoms with Crippen LogP contribution in [-0.2, 0) is 14.8 Å². The number of hydrogen-bond acceptors (Lipinski definition) is 7. The Balaban J connectivity index is 1.67. The molecule has 0 spiro atoms. The molecular formula is C21H25N5O4S2. The first kappa shape index (κ1) is 23.9. The number of carbonyl (C=O) groups excluding carboxylic acids is 1. The minimum atomic E-state index is -3.55. The van der Waals surface area contributed by atoms with Crippen LogP contribution in [0.5, 0.6) is 0 Å². The largest absolute Gasteiger partial charge is 0.325 e. The standard InChI is InChI=1S/C21H25N5O4S2/c1-5-26(6-2)32(29,30)16-9-7-15(8-10-16)23-17(27)12-31-21-24-19-18(20(28)25-21)13(3)11-14(4)22-19/h7-11H,5-6,12H2,1-4H3,(H,23,27)(H,22,24,25,28). The Morgan fingerprint density at radius 1 is 1.12 bits per heavy atom. The highest BCUT2D eigenvalue weighted by molar-refractivity contribution is 7.99. The normalized spacial score (nSPS) is 11.8. The molecular weight excluding hydrogens is 450 g/mol. The molecule has 170 valence electrons. The third-order valence-corrected chi connectivity index (χ3v) is 7.74. The van der Waals surface area contributed by atoms with E-state index in [9.17, 15) is 18.0 Å². The maximum atomic E-state index is 12.5. The fraction of sp³-hybridized carbons (Fsp3) is 0.333. The van der Waals surface area contributed by atoms with Crippen molar-refractivity contribution in [2.45, 2.75) is 37.7 Å². The molecule has 2 N–H and O–H groups in total. The van der Waals surface area contributed by atoms with Gasteiger partial charge in [0.1, 0.15) is 0 Å². The molecule has 0 saturated carbocycles. The molecule has 0 unspecified atom stereocenters. The monoisotopic (exact) mass is 475 g/mol. The fourth-order valence-electron chi connectivity index (χ4n) is 3.28. The second-order valence-electron chi connectivity index (χ2n) is 7.10. The summed E-state index contributed by atoms with van der Waals surface area (Å²) in [4.78, 5) is 36.2. The molecule has 0 atom stereocenters. The Kier molecular flexibility index (Phi) is 7.32. The third kappa shape index (κ3) is 5.17. The zero-order valence-corrected chi connectivity index (χ0v) is 19.9. The summed E-state index contributed by atoms with van der Waals surface area (Å²) in [6, 6.07) is 7.84. The minimum absolute atomic E-state index is 0.0126. The van der Waals surface area contributed by atoms with Gasteiger partial charge >= 0.3 is 0 Å². The van der Waals surface area contributed by atoms with Gasteiger partial charge in [0.25, 0.3) is 5.56 Å². The number of pyridine rings is 1. The number of aromatic nitrogens is 3. The number of hydrogen-bond donors (Lipinski definition) is 2. The van der Waals surface area contributed by atoms with Crippen molar-refractivity contribution in [1.29, 1.82) is 0 Å². The third-order valence-electron chi connectivity index (χ3n) is 4.80. The second-order valence-corrected chi connectivity index (χ2v) is 10.0. The van der Waals surface area contributed by atoms with E-state index in [-0.39, 0.29) is 22.1 Å². The van der Waals surface area contributed by atoms with Crippen LogP contribution < -0.4 is 10.9 Å². The molecule has 1 amide bonds. The van der Waals surface area contributed by atoms with Gasteiger partial charge in [-0.25, -0.2) is 18.4 Å². The van der Waals surface area contributed by atoms with Crippen LogP contribution in [0.2, 0.25) is 0 Å². The molecule has 9 nitrogen and oxygen atoms in total. The van der Waals surface area contributed by atoms with Gasteiger partial charge in [0.15, 0.2) is 10.8 Å². The van der Waals surface area contributed by atoms with Gasteiger partial charge < -0.3 is 10.3 Å². The van der Waals surface area contributed by atoms with Gasteiger partial charge in [0.05, 0.1) is 16.0 Å². The lowest BCUT2D eigenvalue weighted by molar-refractivity contribution is -0.113. The first-order chi connectivity index (χ1) is 15.1. The average Bonchev–Trinajstić information content (AvgIpc) is 2.72. The number of rotatable bonds is 8. The Labute approximate surface area is 190 Å². The minimum Gasteiger partial charge on any atom is -0.325 e. The van der Waals surface area contributed by atoms with Crippen molar-refractivity contribution in [3.8, 4) is 0 Å². The van der Waals surface area contributed by atoms with Gasteiger partial charge in [-0.1, -0.05) is 25.6 Å². The smallest absolute Gasteiger partial charge is 0.261 e. The van der Waals surface area contributed by atoms with Gasteiger partial charge in [-0.05, 0) is 49.7 Å². The second kappa shape index (κ2) is 9.80. The fourth-order valence-corrected chi connectivity index (χ4v) is 5.40. The van der Waals surface area contributed by atoms with Crippen LogP contribution in [0.15, 0.2) is 45.2 Å². The van der Waals surface area contributed by atoms with Crippen LogP contribution >= 0.6 is 11.8 Å². The van der Waals surface area contributed by atoms with Crippen LogP contribution in [0, 0.1) is 13.8 Å². The van der Waals surface area contributed by atoms with E-state index < -0.39 is 10.0 Å². The van der Waals surface area contributed by atoms with Crippen LogP contribution in [-0.4, -0.2) is 52.4 Å². The van der Waals surface area contributed by atoms with Crippen LogP contribution in [0.1, 0.15) is 25.1 Å². The highest BCUT2D eigenvalue weighted by atomic mass is 32.2. The summed E-state index contributed by atoms with van der Waals surface area (Å²) in [6.45, 7) is 7.98. The first-order valence-corrected chi connectivity index (χ1v) is 12.5. The van der Waals surface area contributed by atoms with E-state index >= 15 is 0 Å². The molecule has 0 fully saturated rings. The van der Waals surface area contributed by atoms with Crippen molar-refractivity contribution in [1.82, 2.24) is 19.3 Å². The average molecular weight is 476 g/mol. The molecule has 2 aromatic heterocycles. The van der Waals surface area contributed by atoms with Gasteiger partial charge in [-0.2, -0.15) is 4.31 Å². The maximum Gasteiger partial charge on any atom is 0.261 e. The highest BCUT2D eigenvalue weighted by Gasteiger charge is 2.21. The first-order valence-electron chi connectivity index (χ1n) is 10.1. The van der Waals surface area contributed by atoms with Crippen molar-refractivity contribution in [2.75, 3.05) is 24.2 Å². The van der Waals surface area contributed by atoms with E-state index in [2.05, 4.69) is 20.3 Å². The number of H-pyrrole nitrogens is 1. The molecule has 3 aromatic rings. The number of nitrogens with zero attached hydrogens (tertiary/aromatic N) is 3. The van der Waals surface area contributed by atoms with Crippen LogP contribution in [0.25, 0.3) is 11.0 Å². The lowest BCUT2D eigenvalue weighted by atomic mass is 10.2. The number of thioether (sulfide) groups is 1. The Hall–Kier alpha value is -2.76. The van der Waals surface area contributed by atoms with E-state index in [1.54, 1.807) is 26.0 Å². The lowest BCUT2D eigenvalue weighted by Gasteiger charge is -2.18. The number of sulfonamides is 1. The van der Waals surface area contributed by atoms with Crippen molar-refractivity contribution in [3.63, 3.8) is 0 Å². The Morgan fingerprint density at radius 3 is 2.41 bits per heavy atom. The SMILES string of the molecule is CCN(CC)S(=O)(=O)c1ccc(NC(=O)CSc2nc3nc(C)cc(C)c3c(=O)[nH]2)cc1. The molecule has 0 radical (unpaired) electrons. The summed E-state index contributed by atoms with van der Waals surface area (Å²) in [5.41, 5.74) is 2.07. The van der Waals surface area contributed by atoms with Gasteiger partial charge in [0, 0.05) is 24.5 Å². The summed E-state index contributed by atoms with van der Waals surface area (Å²) in [5.74, 6) is -0.302. The van der Waals surface area contributed by atoms with Gasteiger partial charge in [0.2, 0.25) is 15.9 Å². The van der Waals surface area contributed by atoms with Gasteiger partial charge in [-0.15, -0.1) is 0 Å². The molecule has 11 heteroatoms.